The monoisotopic (exact) mass is 310 g/mol. The summed E-state index contributed by atoms with van der Waals surface area (Å²) in [6.45, 7) is 2.32. The van der Waals surface area contributed by atoms with E-state index in [0.717, 1.165) is 31.7 Å². The van der Waals surface area contributed by atoms with Crippen LogP contribution in [0.1, 0.15) is 29.0 Å². The van der Waals surface area contributed by atoms with E-state index in [1.807, 2.05) is 0 Å². The number of aromatic nitrogens is 1. The van der Waals surface area contributed by atoms with E-state index < -0.39 is 0 Å². The minimum Gasteiger partial charge on any atom is -0.459 e. The highest BCUT2D eigenvalue weighted by atomic mass is 16.3. The second-order valence-corrected chi connectivity index (χ2v) is 5.60. The van der Waals surface area contributed by atoms with Gasteiger partial charge in [0.05, 0.1) is 11.8 Å². The molecule has 6 heteroatoms. The van der Waals surface area contributed by atoms with Crippen molar-refractivity contribution in [3.8, 4) is 6.07 Å². The van der Waals surface area contributed by atoms with Gasteiger partial charge in [0, 0.05) is 25.8 Å². The molecule has 118 valence electrons. The summed E-state index contributed by atoms with van der Waals surface area (Å²) in [6, 6.07) is 9.11. The van der Waals surface area contributed by atoms with E-state index in [9.17, 15) is 4.79 Å². The Morgan fingerprint density at radius 3 is 2.91 bits per heavy atom. The summed E-state index contributed by atoms with van der Waals surface area (Å²) in [5, 5.41) is 12.1. The first-order valence-electron chi connectivity index (χ1n) is 7.69. The molecule has 0 atom stereocenters. The van der Waals surface area contributed by atoms with Crippen molar-refractivity contribution in [2.45, 2.75) is 12.8 Å². The Bertz CT molecular complexity index is 698. The van der Waals surface area contributed by atoms with Gasteiger partial charge in [-0.25, -0.2) is 4.98 Å². The molecule has 1 aliphatic rings. The smallest absolute Gasteiger partial charge is 0.286 e. The predicted molar refractivity (Wildman–Crippen MR) is 84.9 cm³/mol. The van der Waals surface area contributed by atoms with Crippen LogP contribution in [-0.4, -0.2) is 30.5 Å². The van der Waals surface area contributed by atoms with Gasteiger partial charge in [-0.2, -0.15) is 5.26 Å². The molecule has 1 saturated heterocycles. The lowest BCUT2D eigenvalue weighted by Gasteiger charge is -2.33. The van der Waals surface area contributed by atoms with Gasteiger partial charge in [-0.15, -0.1) is 0 Å². The number of amides is 1. The molecule has 0 radical (unpaired) electrons. The molecule has 2 aromatic rings. The van der Waals surface area contributed by atoms with Gasteiger partial charge >= 0.3 is 0 Å². The Hall–Kier alpha value is -2.81. The lowest BCUT2D eigenvalue weighted by atomic mass is 9.96. The molecule has 3 rings (SSSR count). The summed E-state index contributed by atoms with van der Waals surface area (Å²) in [4.78, 5) is 18.3. The van der Waals surface area contributed by atoms with Gasteiger partial charge in [0.2, 0.25) is 0 Å². The van der Waals surface area contributed by atoms with Crippen molar-refractivity contribution >= 4 is 11.7 Å². The molecule has 6 nitrogen and oxygen atoms in total. The van der Waals surface area contributed by atoms with Crippen LogP contribution in [0.15, 0.2) is 41.1 Å². The van der Waals surface area contributed by atoms with E-state index in [-0.39, 0.29) is 5.91 Å². The van der Waals surface area contributed by atoms with Gasteiger partial charge in [0.1, 0.15) is 11.9 Å². The lowest BCUT2D eigenvalue weighted by molar-refractivity contribution is 0.0917. The highest BCUT2D eigenvalue weighted by molar-refractivity contribution is 5.91. The summed E-state index contributed by atoms with van der Waals surface area (Å²) in [7, 11) is 0. The van der Waals surface area contributed by atoms with Crippen LogP contribution in [0.3, 0.4) is 0 Å². The number of anilines is 1. The maximum Gasteiger partial charge on any atom is 0.286 e. The molecule has 0 unspecified atom stereocenters. The Balaban J connectivity index is 1.51. The fourth-order valence-corrected chi connectivity index (χ4v) is 2.82. The van der Waals surface area contributed by atoms with E-state index in [0.29, 0.717) is 23.8 Å². The molecule has 0 aromatic carbocycles. The zero-order valence-corrected chi connectivity index (χ0v) is 12.7. The standard InChI is InChI=1S/C17H18N4O2/c18-11-14-3-1-7-19-16(14)21-8-5-13(6-9-21)12-20-17(22)15-4-2-10-23-15/h1-4,7,10,13H,5-6,8-9,12H2,(H,20,22). The summed E-state index contributed by atoms with van der Waals surface area (Å²) in [6.07, 6.45) is 5.12. The number of nitriles is 1. The van der Waals surface area contributed by atoms with Crippen LogP contribution in [0.5, 0.6) is 0 Å². The number of carbonyl (C=O) groups excluding carboxylic acids is 1. The normalized spacial score (nSPS) is 15.2. The number of nitrogens with one attached hydrogen (secondary N) is 1. The molecule has 23 heavy (non-hydrogen) atoms. The van der Waals surface area contributed by atoms with Crippen molar-refractivity contribution in [3.05, 3.63) is 48.0 Å². The van der Waals surface area contributed by atoms with Gasteiger partial charge < -0.3 is 14.6 Å². The Kier molecular flexibility index (Phi) is 4.57. The zero-order chi connectivity index (χ0) is 16.1. The number of hydrogen-bond donors (Lipinski definition) is 1. The third-order valence-corrected chi connectivity index (χ3v) is 4.12. The molecule has 2 aromatic heterocycles. The van der Waals surface area contributed by atoms with Crippen molar-refractivity contribution in [2.75, 3.05) is 24.5 Å². The first kappa shape index (κ1) is 15.1. The molecule has 1 amide bonds. The number of carbonyl (C=O) groups is 1. The Morgan fingerprint density at radius 1 is 1.39 bits per heavy atom. The first-order valence-corrected chi connectivity index (χ1v) is 7.69. The maximum atomic E-state index is 11.9. The fourth-order valence-electron chi connectivity index (χ4n) is 2.82. The van der Waals surface area contributed by atoms with Crippen LogP contribution in [0.2, 0.25) is 0 Å². The molecular weight excluding hydrogens is 292 g/mol. The molecule has 0 aliphatic carbocycles. The first-order chi connectivity index (χ1) is 11.3. The van der Waals surface area contributed by atoms with Crippen molar-refractivity contribution in [1.82, 2.24) is 10.3 Å². The van der Waals surface area contributed by atoms with E-state index in [4.69, 9.17) is 9.68 Å². The Morgan fingerprint density at radius 2 is 2.22 bits per heavy atom. The summed E-state index contributed by atoms with van der Waals surface area (Å²) in [5.41, 5.74) is 0.608. The van der Waals surface area contributed by atoms with E-state index in [1.165, 1.54) is 6.26 Å². The molecule has 0 bridgehead atoms. The molecule has 1 fully saturated rings. The van der Waals surface area contributed by atoms with Crippen molar-refractivity contribution in [1.29, 1.82) is 5.26 Å². The minimum atomic E-state index is -0.172. The van der Waals surface area contributed by atoms with E-state index >= 15 is 0 Å². The van der Waals surface area contributed by atoms with Crippen LogP contribution >= 0.6 is 0 Å². The second kappa shape index (κ2) is 6.97. The summed E-state index contributed by atoms with van der Waals surface area (Å²) in [5.74, 6) is 1.36. The van der Waals surface area contributed by atoms with Crippen LogP contribution in [0.25, 0.3) is 0 Å². The molecule has 3 heterocycles. The van der Waals surface area contributed by atoms with Gasteiger partial charge in [0.15, 0.2) is 5.76 Å². The number of rotatable bonds is 4. The number of nitrogens with zero attached hydrogens (tertiary/aromatic N) is 3. The highest BCUT2D eigenvalue weighted by Gasteiger charge is 2.22. The number of furan rings is 1. The van der Waals surface area contributed by atoms with Gasteiger partial charge in [-0.1, -0.05) is 0 Å². The van der Waals surface area contributed by atoms with Crippen molar-refractivity contribution < 1.29 is 9.21 Å². The maximum absolute atomic E-state index is 11.9. The molecular formula is C17H18N4O2. The van der Waals surface area contributed by atoms with Crippen molar-refractivity contribution in [2.24, 2.45) is 5.92 Å². The molecule has 1 N–H and O–H groups in total. The van der Waals surface area contributed by atoms with Gasteiger partial charge in [0.25, 0.3) is 5.91 Å². The average molecular weight is 310 g/mol. The predicted octanol–water partition coefficient (Wildman–Crippen LogP) is 2.19. The largest absolute Gasteiger partial charge is 0.459 e. The quantitative estimate of drug-likeness (QED) is 0.936. The van der Waals surface area contributed by atoms with Crippen molar-refractivity contribution in [3.63, 3.8) is 0 Å². The molecule has 0 saturated carbocycles. The highest BCUT2D eigenvalue weighted by Crippen LogP contribution is 2.23. The number of piperidine rings is 1. The lowest BCUT2D eigenvalue weighted by Crippen LogP contribution is -2.39. The van der Waals surface area contributed by atoms with E-state index in [2.05, 4.69) is 21.3 Å². The molecule has 0 spiro atoms. The topological polar surface area (TPSA) is 82.2 Å². The number of hydrogen-bond acceptors (Lipinski definition) is 5. The zero-order valence-electron chi connectivity index (χ0n) is 12.7. The fraction of sp³-hybridized carbons (Fsp3) is 0.353. The van der Waals surface area contributed by atoms with Crippen LogP contribution in [-0.2, 0) is 0 Å². The summed E-state index contributed by atoms with van der Waals surface area (Å²) < 4.78 is 5.08. The van der Waals surface area contributed by atoms with Gasteiger partial charge in [-0.3, -0.25) is 4.79 Å². The average Bonchev–Trinajstić information content (AvgIpc) is 3.15. The summed E-state index contributed by atoms with van der Waals surface area (Å²) >= 11 is 0. The van der Waals surface area contributed by atoms with E-state index in [1.54, 1.807) is 30.5 Å². The minimum absolute atomic E-state index is 0.172. The van der Waals surface area contributed by atoms with Crippen LogP contribution in [0.4, 0.5) is 5.82 Å². The second-order valence-electron chi connectivity index (χ2n) is 5.60. The SMILES string of the molecule is N#Cc1cccnc1N1CCC(CNC(=O)c2ccco2)CC1. The van der Waals surface area contributed by atoms with Gasteiger partial charge in [-0.05, 0) is 43.0 Å². The third kappa shape index (κ3) is 3.51. The molecule has 1 aliphatic heterocycles. The third-order valence-electron chi connectivity index (χ3n) is 4.12. The van der Waals surface area contributed by atoms with Crippen LogP contribution in [0, 0.1) is 17.2 Å². The number of pyridine rings is 1. The van der Waals surface area contributed by atoms with Crippen LogP contribution < -0.4 is 10.2 Å². The Labute approximate surface area is 134 Å².